The second-order valence-corrected chi connectivity index (χ2v) is 10.9. The number of aliphatic imine (C=N–C) groups is 1. The van der Waals surface area contributed by atoms with Crippen LogP contribution in [0, 0.1) is 11.7 Å². The quantitative estimate of drug-likeness (QED) is 0.406. The molecule has 0 amide bonds. The smallest absolute Gasteiger partial charge is 0.161 e. The standard InChI is InChI=1S/C30H38ClFN4O2/c1-4-35-13-9-21-10-14-36(27(21)19-35)12-5-15-38-29-18-24-23(17-28(29)37-3)20(2)8-11-33-30(24)34-22-6-7-26(32)25(31)16-22/h6-8,11,16-18,20-21,27H,4-5,9-10,12-15,19H2,1-3H3,(H,33,34). The molecule has 8 heteroatoms. The Morgan fingerprint density at radius 3 is 2.79 bits per heavy atom. The van der Waals surface area contributed by atoms with E-state index in [2.05, 4.69) is 34.0 Å². The number of allylic oxidation sites excluding steroid dienone is 1. The highest BCUT2D eigenvalue weighted by Gasteiger charge is 2.37. The Labute approximate surface area is 230 Å². The van der Waals surface area contributed by atoms with Crippen LogP contribution in [0.15, 0.2) is 47.6 Å². The number of likely N-dealkylation sites (N-methyl/N-ethyl adjacent to an activating group) is 1. The van der Waals surface area contributed by atoms with Crippen molar-refractivity contribution >= 4 is 23.1 Å². The van der Waals surface area contributed by atoms with Crippen LogP contribution in [0.3, 0.4) is 0 Å². The van der Waals surface area contributed by atoms with Gasteiger partial charge in [0, 0.05) is 42.5 Å². The predicted octanol–water partition coefficient (Wildman–Crippen LogP) is 6.16. The van der Waals surface area contributed by atoms with Crippen molar-refractivity contribution in [1.29, 1.82) is 0 Å². The molecule has 0 saturated carbocycles. The first-order valence-corrected chi connectivity index (χ1v) is 14.1. The summed E-state index contributed by atoms with van der Waals surface area (Å²) in [5.74, 6) is 2.58. The van der Waals surface area contributed by atoms with E-state index in [9.17, 15) is 4.39 Å². The molecule has 2 aromatic rings. The van der Waals surface area contributed by atoms with Crippen LogP contribution in [0.25, 0.3) is 0 Å². The van der Waals surface area contributed by atoms with E-state index in [1.165, 1.54) is 38.5 Å². The van der Waals surface area contributed by atoms with E-state index in [4.69, 9.17) is 21.1 Å². The van der Waals surface area contributed by atoms with E-state index in [1.807, 2.05) is 18.2 Å². The summed E-state index contributed by atoms with van der Waals surface area (Å²) in [5, 5.41) is 3.37. The summed E-state index contributed by atoms with van der Waals surface area (Å²) in [5.41, 5.74) is 2.65. The molecule has 2 aromatic carbocycles. The van der Waals surface area contributed by atoms with Crippen LogP contribution < -0.4 is 14.8 Å². The van der Waals surface area contributed by atoms with Crippen LogP contribution in [0.5, 0.6) is 11.5 Å². The number of nitrogens with one attached hydrogen (secondary N) is 1. The maximum Gasteiger partial charge on any atom is 0.161 e. The topological polar surface area (TPSA) is 49.3 Å². The first-order chi connectivity index (χ1) is 18.5. The zero-order valence-corrected chi connectivity index (χ0v) is 23.3. The third-order valence-electron chi connectivity index (χ3n) is 8.20. The molecule has 204 valence electrons. The van der Waals surface area contributed by atoms with Gasteiger partial charge in [-0.1, -0.05) is 31.5 Å². The van der Waals surface area contributed by atoms with Crippen LogP contribution in [0.2, 0.25) is 5.02 Å². The highest BCUT2D eigenvalue weighted by molar-refractivity contribution is 6.31. The second kappa shape index (κ2) is 12.1. The van der Waals surface area contributed by atoms with Crippen molar-refractivity contribution in [3.63, 3.8) is 0 Å². The Morgan fingerprint density at radius 2 is 2.00 bits per heavy atom. The molecule has 6 nitrogen and oxygen atoms in total. The molecule has 38 heavy (non-hydrogen) atoms. The van der Waals surface area contributed by atoms with Crippen LogP contribution in [-0.4, -0.2) is 68.1 Å². The number of halogens is 2. The molecule has 1 N–H and O–H groups in total. The lowest BCUT2D eigenvalue weighted by Gasteiger charge is -2.38. The lowest BCUT2D eigenvalue weighted by Crippen LogP contribution is -2.48. The van der Waals surface area contributed by atoms with Crippen LogP contribution >= 0.6 is 11.6 Å². The van der Waals surface area contributed by atoms with E-state index in [1.54, 1.807) is 25.4 Å². The van der Waals surface area contributed by atoms with Crippen molar-refractivity contribution in [2.24, 2.45) is 10.9 Å². The van der Waals surface area contributed by atoms with Gasteiger partial charge in [-0.2, -0.15) is 0 Å². The predicted molar refractivity (Wildman–Crippen MR) is 152 cm³/mol. The number of piperidine rings is 1. The molecule has 3 unspecified atom stereocenters. The lowest BCUT2D eigenvalue weighted by molar-refractivity contribution is 0.105. The lowest BCUT2D eigenvalue weighted by atomic mass is 9.92. The Hall–Kier alpha value is -2.61. The second-order valence-electron chi connectivity index (χ2n) is 10.5. The zero-order valence-electron chi connectivity index (χ0n) is 22.6. The van der Waals surface area contributed by atoms with Crippen molar-refractivity contribution < 1.29 is 13.9 Å². The molecule has 3 aliphatic heterocycles. The molecule has 0 bridgehead atoms. The number of anilines is 1. The molecular formula is C30H38ClFN4O2. The third-order valence-corrected chi connectivity index (χ3v) is 8.49. The summed E-state index contributed by atoms with van der Waals surface area (Å²) in [7, 11) is 1.67. The molecule has 0 aromatic heterocycles. The van der Waals surface area contributed by atoms with Gasteiger partial charge in [-0.15, -0.1) is 0 Å². The normalized spacial score (nSPS) is 23.4. The van der Waals surface area contributed by atoms with Gasteiger partial charge in [0.05, 0.1) is 18.7 Å². The van der Waals surface area contributed by atoms with Gasteiger partial charge < -0.3 is 19.7 Å². The first-order valence-electron chi connectivity index (χ1n) is 13.7. The van der Waals surface area contributed by atoms with Crippen molar-refractivity contribution in [3.05, 3.63) is 64.6 Å². The fourth-order valence-electron chi connectivity index (χ4n) is 5.97. The minimum atomic E-state index is -0.454. The minimum absolute atomic E-state index is 0.0621. The number of rotatable bonds is 8. The van der Waals surface area contributed by atoms with E-state index in [0.717, 1.165) is 36.6 Å². The van der Waals surface area contributed by atoms with Gasteiger partial charge in [-0.05, 0) is 80.7 Å². The van der Waals surface area contributed by atoms with E-state index >= 15 is 0 Å². The summed E-state index contributed by atoms with van der Waals surface area (Å²) in [4.78, 5) is 9.89. The highest BCUT2D eigenvalue weighted by atomic mass is 35.5. The molecule has 2 fully saturated rings. The Bertz CT molecular complexity index is 1200. The maximum atomic E-state index is 13.7. The number of hydrogen-bond acceptors (Lipinski definition) is 6. The fourth-order valence-corrected chi connectivity index (χ4v) is 6.15. The number of benzene rings is 2. The fraction of sp³-hybridized carbons (Fsp3) is 0.500. The van der Waals surface area contributed by atoms with Crippen LogP contribution in [0.4, 0.5) is 10.1 Å². The number of amidine groups is 1. The molecule has 0 aliphatic carbocycles. The van der Waals surface area contributed by atoms with Gasteiger partial charge in [-0.25, -0.2) is 9.38 Å². The Morgan fingerprint density at radius 1 is 1.16 bits per heavy atom. The largest absolute Gasteiger partial charge is 0.493 e. The van der Waals surface area contributed by atoms with E-state index < -0.39 is 5.82 Å². The number of hydrogen-bond donors (Lipinski definition) is 1. The van der Waals surface area contributed by atoms with Gasteiger partial charge >= 0.3 is 0 Å². The van der Waals surface area contributed by atoms with Crippen molar-refractivity contribution in [2.75, 3.05) is 51.8 Å². The summed E-state index contributed by atoms with van der Waals surface area (Å²) in [6, 6.07) is 9.28. The average Bonchev–Trinajstić information content (AvgIpc) is 3.27. The Kier molecular flexibility index (Phi) is 8.56. The number of fused-ring (bicyclic) bond motifs is 2. The van der Waals surface area contributed by atoms with Crippen LogP contribution in [0.1, 0.15) is 50.2 Å². The van der Waals surface area contributed by atoms with Crippen molar-refractivity contribution in [1.82, 2.24) is 9.80 Å². The van der Waals surface area contributed by atoms with Gasteiger partial charge in [0.1, 0.15) is 11.7 Å². The van der Waals surface area contributed by atoms with E-state index in [0.29, 0.717) is 35.7 Å². The number of nitrogens with zero attached hydrogens (tertiary/aromatic N) is 3. The maximum absolute atomic E-state index is 13.7. The molecular weight excluding hydrogens is 503 g/mol. The highest BCUT2D eigenvalue weighted by Crippen LogP contribution is 2.37. The number of likely N-dealkylation sites (tertiary alicyclic amines) is 2. The minimum Gasteiger partial charge on any atom is -0.493 e. The summed E-state index contributed by atoms with van der Waals surface area (Å²) < 4.78 is 25.7. The molecule has 2 saturated heterocycles. The first kappa shape index (κ1) is 27.0. The monoisotopic (exact) mass is 540 g/mol. The van der Waals surface area contributed by atoms with Crippen molar-refractivity contribution in [2.45, 2.75) is 45.1 Å². The summed E-state index contributed by atoms with van der Waals surface area (Å²) >= 11 is 6.01. The van der Waals surface area contributed by atoms with Crippen molar-refractivity contribution in [3.8, 4) is 11.5 Å². The molecule has 3 heterocycles. The van der Waals surface area contributed by atoms with Gasteiger partial charge in [0.15, 0.2) is 11.5 Å². The molecule has 0 radical (unpaired) electrons. The zero-order chi connectivity index (χ0) is 26.6. The van der Waals surface area contributed by atoms with E-state index in [-0.39, 0.29) is 10.9 Å². The SMILES string of the molecule is CCN1CCC2CCN(CCCOc3cc4c(cc3OC)C(C)C=CN=C4Nc3ccc(F)c(Cl)c3)C2C1. The van der Waals surface area contributed by atoms with Gasteiger partial charge in [0.2, 0.25) is 0 Å². The molecule has 3 aliphatic rings. The Balaban J connectivity index is 1.28. The van der Waals surface area contributed by atoms with Crippen LogP contribution in [-0.2, 0) is 0 Å². The third kappa shape index (κ3) is 5.85. The number of ether oxygens (including phenoxy) is 2. The molecule has 0 spiro atoms. The van der Waals surface area contributed by atoms with Gasteiger partial charge in [-0.3, -0.25) is 4.90 Å². The molecule has 3 atom stereocenters. The molecule has 5 rings (SSSR count). The number of methoxy groups -OCH3 is 1. The summed E-state index contributed by atoms with van der Waals surface area (Å²) in [6.07, 6.45) is 7.44. The summed E-state index contributed by atoms with van der Waals surface area (Å²) in [6.45, 7) is 10.8. The van der Waals surface area contributed by atoms with Gasteiger partial charge in [0.25, 0.3) is 0 Å². The average molecular weight is 541 g/mol.